The van der Waals surface area contributed by atoms with Gasteiger partial charge in [0.1, 0.15) is 0 Å². The van der Waals surface area contributed by atoms with Crippen LogP contribution in [0.25, 0.3) is 0 Å². The van der Waals surface area contributed by atoms with Gasteiger partial charge in [-0.05, 0) is 24.0 Å². The number of anilines is 1. The van der Waals surface area contributed by atoms with Crippen molar-refractivity contribution < 1.29 is 9.53 Å². The number of hydrogen-bond donors (Lipinski definition) is 2. The molecule has 0 aliphatic heterocycles. The molecule has 0 spiro atoms. The number of carbonyl (C=O) groups is 1. The SMILES string of the molecule is CCSc1ccc(Cl)cc1NC(=O)CC(CN)OC.Cl. The summed E-state index contributed by atoms with van der Waals surface area (Å²) in [7, 11) is 1.54. The maximum absolute atomic E-state index is 11.9. The molecule has 1 amide bonds. The van der Waals surface area contributed by atoms with Crippen LogP contribution in [0.4, 0.5) is 5.69 Å². The van der Waals surface area contributed by atoms with Crippen molar-refractivity contribution in [3.05, 3.63) is 23.2 Å². The summed E-state index contributed by atoms with van der Waals surface area (Å²) in [6.45, 7) is 2.37. The highest BCUT2D eigenvalue weighted by Gasteiger charge is 2.13. The van der Waals surface area contributed by atoms with Gasteiger partial charge in [0.15, 0.2) is 0 Å². The summed E-state index contributed by atoms with van der Waals surface area (Å²) in [4.78, 5) is 12.9. The van der Waals surface area contributed by atoms with Gasteiger partial charge in [0.05, 0.1) is 18.2 Å². The fourth-order valence-corrected chi connectivity index (χ4v) is 2.46. The van der Waals surface area contributed by atoms with Crippen molar-refractivity contribution >= 4 is 47.4 Å². The van der Waals surface area contributed by atoms with Crippen LogP contribution in [0.1, 0.15) is 13.3 Å². The van der Waals surface area contributed by atoms with Gasteiger partial charge in [-0.2, -0.15) is 0 Å². The van der Waals surface area contributed by atoms with E-state index in [1.165, 1.54) is 0 Å². The van der Waals surface area contributed by atoms with E-state index in [-0.39, 0.29) is 30.8 Å². The van der Waals surface area contributed by atoms with Crippen molar-refractivity contribution in [3.8, 4) is 0 Å². The monoisotopic (exact) mass is 338 g/mol. The van der Waals surface area contributed by atoms with Gasteiger partial charge in [-0.25, -0.2) is 0 Å². The summed E-state index contributed by atoms with van der Waals surface area (Å²) >= 11 is 7.61. The smallest absolute Gasteiger partial charge is 0.227 e. The molecule has 0 saturated carbocycles. The lowest BCUT2D eigenvalue weighted by Gasteiger charge is -2.14. The average Bonchev–Trinajstić information content (AvgIpc) is 2.39. The van der Waals surface area contributed by atoms with E-state index in [1.807, 2.05) is 12.1 Å². The van der Waals surface area contributed by atoms with Crippen LogP contribution in [0, 0.1) is 0 Å². The predicted molar refractivity (Wildman–Crippen MR) is 88.2 cm³/mol. The zero-order valence-corrected chi connectivity index (χ0v) is 13.9. The molecule has 1 rings (SSSR count). The Labute approximate surface area is 135 Å². The van der Waals surface area contributed by atoms with Gasteiger partial charge in [-0.1, -0.05) is 18.5 Å². The number of rotatable bonds is 7. The first-order valence-electron chi connectivity index (χ1n) is 6.05. The summed E-state index contributed by atoms with van der Waals surface area (Å²) < 4.78 is 5.09. The molecule has 0 heterocycles. The lowest BCUT2D eigenvalue weighted by molar-refractivity contribution is -0.118. The molecule has 114 valence electrons. The molecule has 1 aromatic carbocycles. The van der Waals surface area contributed by atoms with Crippen molar-refractivity contribution in [1.82, 2.24) is 0 Å². The lowest BCUT2D eigenvalue weighted by atomic mass is 10.2. The van der Waals surface area contributed by atoms with Gasteiger partial charge in [-0.3, -0.25) is 4.79 Å². The van der Waals surface area contributed by atoms with Crippen molar-refractivity contribution in [3.63, 3.8) is 0 Å². The van der Waals surface area contributed by atoms with Crippen LogP contribution in [0.2, 0.25) is 5.02 Å². The third-order valence-corrected chi connectivity index (χ3v) is 3.72. The van der Waals surface area contributed by atoms with Gasteiger partial charge in [-0.15, -0.1) is 24.2 Å². The molecule has 1 unspecified atom stereocenters. The minimum atomic E-state index is -0.263. The largest absolute Gasteiger partial charge is 0.380 e. The molecule has 3 N–H and O–H groups in total. The van der Waals surface area contributed by atoms with Crippen LogP contribution in [-0.2, 0) is 9.53 Å². The van der Waals surface area contributed by atoms with Crippen LogP contribution < -0.4 is 11.1 Å². The second-order valence-electron chi connectivity index (χ2n) is 3.92. The number of hydrogen-bond acceptors (Lipinski definition) is 4. The summed E-state index contributed by atoms with van der Waals surface area (Å²) in [6.07, 6.45) is -0.0306. The molecule has 20 heavy (non-hydrogen) atoms. The minimum Gasteiger partial charge on any atom is -0.380 e. The number of ether oxygens (including phenoxy) is 1. The Kier molecular flexibility index (Phi) is 10.1. The van der Waals surface area contributed by atoms with Gasteiger partial charge in [0, 0.05) is 23.6 Å². The Bertz CT molecular complexity index is 429. The highest BCUT2D eigenvalue weighted by molar-refractivity contribution is 7.99. The second kappa shape index (κ2) is 10.3. The Morgan fingerprint density at radius 2 is 2.25 bits per heavy atom. The predicted octanol–water partition coefficient (Wildman–Crippen LogP) is 3.18. The molecule has 1 aromatic rings. The number of amides is 1. The molecular formula is C13H20Cl2N2O2S. The normalized spacial score (nSPS) is 11.6. The molecule has 7 heteroatoms. The maximum Gasteiger partial charge on any atom is 0.227 e. The number of halogens is 2. The molecule has 4 nitrogen and oxygen atoms in total. The summed E-state index contributed by atoms with van der Waals surface area (Å²) in [6, 6.07) is 5.47. The van der Waals surface area contributed by atoms with E-state index in [9.17, 15) is 4.79 Å². The number of thioether (sulfide) groups is 1. The molecule has 0 saturated heterocycles. The Morgan fingerprint density at radius 3 is 2.80 bits per heavy atom. The van der Waals surface area contributed by atoms with Gasteiger partial charge < -0.3 is 15.8 Å². The number of carbonyl (C=O) groups excluding carboxylic acids is 1. The van der Waals surface area contributed by atoms with Crippen molar-refractivity contribution in [2.75, 3.05) is 24.7 Å². The van der Waals surface area contributed by atoms with Crippen LogP contribution >= 0.6 is 35.8 Å². The topological polar surface area (TPSA) is 64.4 Å². The molecular weight excluding hydrogens is 319 g/mol. The standard InChI is InChI=1S/C13H19ClN2O2S.ClH/c1-3-19-12-5-4-9(14)6-11(12)16-13(17)7-10(8-15)18-2;/h4-6,10H,3,7-8,15H2,1-2H3,(H,16,17);1H. The van der Waals surface area contributed by atoms with Crippen LogP contribution in [0.15, 0.2) is 23.1 Å². The first-order valence-corrected chi connectivity index (χ1v) is 7.42. The van der Waals surface area contributed by atoms with Gasteiger partial charge in [0.2, 0.25) is 5.91 Å². The van der Waals surface area contributed by atoms with Crippen LogP contribution in [-0.4, -0.2) is 31.4 Å². The molecule has 0 bridgehead atoms. The molecule has 0 aliphatic rings. The summed E-state index contributed by atoms with van der Waals surface area (Å²) in [5.41, 5.74) is 6.23. The fourth-order valence-electron chi connectivity index (χ4n) is 1.55. The van der Waals surface area contributed by atoms with Crippen LogP contribution in [0.5, 0.6) is 0 Å². The maximum atomic E-state index is 11.9. The highest BCUT2D eigenvalue weighted by atomic mass is 35.5. The van der Waals surface area contributed by atoms with Crippen molar-refractivity contribution in [2.45, 2.75) is 24.3 Å². The third-order valence-electron chi connectivity index (χ3n) is 2.52. The summed E-state index contributed by atoms with van der Waals surface area (Å²) in [5, 5.41) is 3.45. The van der Waals surface area contributed by atoms with Gasteiger partial charge in [0.25, 0.3) is 0 Å². The highest BCUT2D eigenvalue weighted by Crippen LogP contribution is 2.30. The quantitative estimate of drug-likeness (QED) is 0.749. The van der Waals surface area contributed by atoms with E-state index in [0.29, 0.717) is 11.6 Å². The van der Waals surface area contributed by atoms with E-state index in [2.05, 4.69) is 12.2 Å². The van der Waals surface area contributed by atoms with Crippen molar-refractivity contribution in [1.29, 1.82) is 0 Å². The molecule has 0 aliphatic carbocycles. The minimum absolute atomic E-state index is 0. The zero-order valence-electron chi connectivity index (χ0n) is 11.5. The van der Waals surface area contributed by atoms with Crippen molar-refractivity contribution in [2.24, 2.45) is 5.73 Å². The fraction of sp³-hybridized carbons (Fsp3) is 0.462. The number of methoxy groups -OCH3 is 1. The second-order valence-corrected chi connectivity index (χ2v) is 5.66. The lowest BCUT2D eigenvalue weighted by Crippen LogP contribution is -2.28. The van der Waals surface area contributed by atoms with Gasteiger partial charge >= 0.3 is 0 Å². The number of nitrogens with two attached hydrogens (primary N) is 1. The van der Waals surface area contributed by atoms with E-state index in [0.717, 1.165) is 16.3 Å². The Morgan fingerprint density at radius 1 is 1.55 bits per heavy atom. The molecule has 1 atom stereocenters. The third kappa shape index (κ3) is 6.33. The van der Waals surface area contributed by atoms with E-state index >= 15 is 0 Å². The first-order chi connectivity index (χ1) is 9.10. The molecule has 0 radical (unpaired) electrons. The average molecular weight is 339 g/mol. The number of benzene rings is 1. The zero-order chi connectivity index (χ0) is 14.3. The summed E-state index contributed by atoms with van der Waals surface area (Å²) in [5.74, 6) is 0.797. The van der Waals surface area contributed by atoms with E-state index < -0.39 is 0 Å². The number of nitrogens with one attached hydrogen (secondary N) is 1. The van der Waals surface area contributed by atoms with E-state index in [4.69, 9.17) is 22.1 Å². The molecule has 0 fully saturated rings. The van der Waals surface area contributed by atoms with Crippen LogP contribution in [0.3, 0.4) is 0 Å². The first kappa shape index (κ1) is 19.5. The molecule has 0 aromatic heterocycles. The Hall–Kier alpha value is -0.460. The Balaban J connectivity index is 0.00000361. The van der Waals surface area contributed by atoms with E-state index in [1.54, 1.807) is 24.9 Å².